The zero-order chi connectivity index (χ0) is 14.1. The van der Waals surface area contributed by atoms with Gasteiger partial charge in [-0.1, -0.05) is 6.42 Å². The van der Waals surface area contributed by atoms with Crippen molar-refractivity contribution in [3.63, 3.8) is 0 Å². The number of aromatic nitrogens is 1. The van der Waals surface area contributed by atoms with Crippen LogP contribution in [0.3, 0.4) is 0 Å². The summed E-state index contributed by atoms with van der Waals surface area (Å²) in [7, 11) is 0. The fourth-order valence-electron chi connectivity index (χ4n) is 3.22. The van der Waals surface area contributed by atoms with Crippen LogP contribution in [0.4, 0.5) is 0 Å². The molecule has 3 rings (SSSR count). The van der Waals surface area contributed by atoms with Gasteiger partial charge in [0, 0.05) is 29.9 Å². The highest BCUT2D eigenvalue weighted by molar-refractivity contribution is 9.10. The largest absolute Gasteiger partial charge is 0.396 e. The molecule has 2 saturated carbocycles. The number of hydrogen-bond acceptors (Lipinski definition) is 2. The van der Waals surface area contributed by atoms with Crippen molar-refractivity contribution in [3.8, 4) is 0 Å². The summed E-state index contributed by atoms with van der Waals surface area (Å²) in [5.74, 6) is 0.792. The molecule has 5 heteroatoms. The Morgan fingerprint density at radius 3 is 2.80 bits per heavy atom. The fourth-order valence-corrected chi connectivity index (χ4v) is 3.66. The van der Waals surface area contributed by atoms with Gasteiger partial charge in [0.15, 0.2) is 0 Å². The normalized spacial score (nSPS) is 25.9. The van der Waals surface area contributed by atoms with E-state index in [0.717, 1.165) is 42.3 Å². The van der Waals surface area contributed by atoms with E-state index in [0.29, 0.717) is 24.4 Å². The van der Waals surface area contributed by atoms with Crippen LogP contribution in [-0.2, 0) is 0 Å². The summed E-state index contributed by atoms with van der Waals surface area (Å²) in [6, 6.07) is 2.39. The first kappa shape index (κ1) is 14.1. The van der Waals surface area contributed by atoms with Gasteiger partial charge in [-0.05, 0) is 59.5 Å². The van der Waals surface area contributed by atoms with Crippen LogP contribution in [0.25, 0.3) is 0 Å². The standard InChI is InChI=1S/C15H21BrN2O2/c16-12-6-14(18(8-12)13-4-5-13)15(20)17-7-10-2-1-3-11(10)9-19/h6,8,10-11,13,19H,1-5,7,9H2,(H,17,20). The van der Waals surface area contributed by atoms with Crippen molar-refractivity contribution >= 4 is 21.8 Å². The number of aliphatic hydroxyl groups excluding tert-OH is 1. The van der Waals surface area contributed by atoms with Crippen LogP contribution in [0.15, 0.2) is 16.7 Å². The average Bonchev–Trinajstić information content (AvgIpc) is 3.06. The van der Waals surface area contributed by atoms with E-state index >= 15 is 0 Å². The van der Waals surface area contributed by atoms with Crippen LogP contribution < -0.4 is 5.32 Å². The minimum Gasteiger partial charge on any atom is -0.396 e. The molecule has 2 fully saturated rings. The second kappa shape index (κ2) is 5.90. The summed E-state index contributed by atoms with van der Waals surface area (Å²) < 4.78 is 3.04. The third-order valence-corrected chi connectivity index (χ3v) is 5.00. The van der Waals surface area contributed by atoms with E-state index in [4.69, 9.17) is 0 Å². The Bertz CT molecular complexity index is 496. The lowest BCUT2D eigenvalue weighted by Crippen LogP contribution is -2.32. The zero-order valence-electron chi connectivity index (χ0n) is 11.5. The number of carbonyl (C=O) groups excluding carboxylic acids is 1. The van der Waals surface area contributed by atoms with Gasteiger partial charge in [-0.3, -0.25) is 4.79 Å². The first-order chi connectivity index (χ1) is 9.69. The molecule has 1 aromatic rings. The SMILES string of the molecule is O=C(NCC1CCCC1CO)c1cc(Br)cn1C1CC1. The van der Waals surface area contributed by atoms with Gasteiger partial charge in [0.2, 0.25) is 0 Å². The van der Waals surface area contributed by atoms with Crippen molar-refractivity contribution in [3.05, 3.63) is 22.4 Å². The number of carbonyl (C=O) groups is 1. The second-order valence-electron chi connectivity index (χ2n) is 6.03. The molecule has 0 aromatic carbocycles. The van der Waals surface area contributed by atoms with E-state index in [1.807, 2.05) is 12.3 Å². The average molecular weight is 341 g/mol. The molecular formula is C15H21BrN2O2. The first-order valence-electron chi connectivity index (χ1n) is 7.45. The smallest absolute Gasteiger partial charge is 0.267 e. The van der Waals surface area contributed by atoms with Gasteiger partial charge in [0.05, 0.1) is 0 Å². The third kappa shape index (κ3) is 2.93. The fraction of sp³-hybridized carbons (Fsp3) is 0.667. The molecule has 4 nitrogen and oxygen atoms in total. The number of halogens is 1. The topological polar surface area (TPSA) is 54.3 Å². The maximum absolute atomic E-state index is 12.3. The molecule has 0 bridgehead atoms. The maximum Gasteiger partial charge on any atom is 0.267 e. The molecule has 0 spiro atoms. The van der Waals surface area contributed by atoms with Crippen LogP contribution in [0, 0.1) is 11.8 Å². The van der Waals surface area contributed by atoms with Crippen molar-refractivity contribution < 1.29 is 9.90 Å². The lowest BCUT2D eigenvalue weighted by molar-refractivity contribution is 0.0928. The highest BCUT2D eigenvalue weighted by Crippen LogP contribution is 2.37. The second-order valence-corrected chi connectivity index (χ2v) is 6.94. The monoisotopic (exact) mass is 340 g/mol. The zero-order valence-corrected chi connectivity index (χ0v) is 13.1. The molecule has 1 aromatic heterocycles. The third-order valence-electron chi connectivity index (χ3n) is 4.56. The highest BCUT2D eigenvalue weighted by Gasteiger charge is 2.29. The number of amides is 1. The van der Waals surface area contributed by atoms with Crippen LogP contribution >= 0.6 is 15.9 Å². The van der Waals surface area contributed by atoms with E-state index in [2.05, 4.69) is 25.8 Å². The number of hydrogen-bond donors (Lipinski definition) is 2. The maximum atomic E-state index is 12.3. The molecule has 0 radical (unpaired) electrons. The minimum absolute atomic E-state index is 0.00573. The molecule has 1 amide bonds. The molecular weight excluding hydrogens is 320 g/mol. The molecule has 1 heterocycles. The van der Waals surface area contributed by atoms with E-state index in [-0.39, 0.29) is 12.5 Å². The molecule has 2 aliphatic carbocycles. The first-order valence-corrected chi connectivity index (χ1v) is 8.24. The van der Waals surface area contributed by atoms with Gasteiger partial charge in [-0.2, -0.15) is 0 Å². The molecule has 2 N–H and O–H groups in total. The molecule has 0 saturated heterocycles. The minimum atomic E-state index is 0.00573. The predicted octanol–water partition coefficient (Wildman–Crippen LogP) is 2.72. The van der Waals surface area contributed by atoms with Crippen molar-refractivity contribution in [2.75, 3.05) is 13.2 Å². The summed E-state index contributed by atoms with van der Waals surface area (Å²) in [4.78, 5) is 12.3. The van der Waals surface area contributed by atoms with Crippen molar-refractivity contribution in [1.29, 1.82) is 0 Å². The predicted molar refractivity (Wildman–Crippen MR) is 80.7 cm³/mol. The summed E-state index contributed by atoms with van der Waals surface area (Å²) in [5, 5.41) is 12.4. The number of nitrogens with zero attached hydrogens (tertiary/aromatic N) is 1. The Labute approximate surface area is 127 Å². The number of nitrogens with one attached hydrogen (secondary N) is 1. The Morgan fingerprint density at radius 1 is 1.35 bits per heavy atom. The van der Waals surface area contributed by atoms with E-state index in [9.17, 15) is 9.90 Å². The summed E-state index contributed by atoms with van der Waals surface area (Å²) in [6.07, 6.45) is 7.68. The Morgan fingerprint density at radius 2 is 2.10 bits per heavy atom. The van der Waals surface area contributed by atoms with Crippen LogP contribution in [0.2, 0.25) is 0 Å². The Hall–Kier alpha value is -0.810. The van der Waals surface area contributed by atoms with Crippen molar-refractivity contribution in [2.45, 2.75) is 38.1 Å². The van der Waals surface area contributed by atoms with Gasteiger partial charge < -0.3 is 15.0 Å². The van der Waals surface area contributed by atoms with E-state index in [1.165, 1.54) is 0 Å². The van der Waals surface area contributed by atoms with Crippen LogP contribution in [-0.4, -0.2) is 28.7 Å². The lowest BCUT2D eigenvalue weighted by atomic mass is 9.97. The molecule has 20 heavy (non-hydrogen) atoms. The molecule has 110 valence electrons. The van der Waals surface area contributed by atoms with Crippen molar-refractivity contribution in [2.24, 2.45) is 11.8 Å². The molecule has 2 atom stereocenters. The van der Waals surface area contributed by atoms with Gasteiger partial charge in [-0.25, -0.2) is 0 Å². The molecule has 2 unspecified atom stereocenters. The molecule has 2 aliphatic rings. The Kier molecular flexibility index (Phi) is 4.17. The van der Waals surface area contributed by atoms with Crippen molar-refractivity contribution in [1.82, 2.24) is 9.88 Å². The van der Waals surface area contributed by atoms with Gasteiger partial charge in [-0.15, -0.1) is 0 Å². The summed E-state index contributed by atoms with van der Waals surface area (Å²) in [5.41, 5.74) is 0.748. The van der Waals surface area contributed by atoms with Gasteiger partial charge in [0.25, 0.3) is 5.91 Å². The quantitative estimate of drug-likeness (QED) is 0.865. The van der Waals surface area contributed by atoms with Gasteiger partial charge in [0.1, 0.15) is 5.69 Å². The van der Waals surface area contributed by atoms with E-state index in [1.54, 1.807) is 0 Å². The van der Waals surface area contributed by atoms with Crippen LogP contribution in [0.1, 0.15) is 48.6 Å². The highest BCUT2D eigenvalue weighted by atomic mass is 79.9. The summed E-state index contributed by atoms with van der Waals surface area (Å²) >= 11 is 3.45. The molecule has 0 aliphatic heterocycles. The lowest BCUT2D eigenvalue weighted by Gasteiger charge is -2.18. The number of aliphatic hydroxyl groups is 1. The summed E-state index contributed by atoms with van der Waals surface area (Å²) in [6.45, 7) is 0.919. The number of rotatable bonds is 5. The van der Waals surface area contributed by atoms with Gasteiger partial charge >= 0.3 is 0 Å². The van der Waals surface area contributed by atoms with E-state index < -0.39 is 0 Å². The Balaban J connectivity index is 1.61. The van der Waals surface area contributed by atoms with Crippen LogP contribution in [0.5, 0.6) is 0 Å².